The molecule has 1 aliphatic rings. The van der Waals surface area contributed by atoms with Gasteiger partial charge >= 0.3 is 0 Å². The number of ketones is 1. The molecule has 3 rings (SSSR count). The first-order chi connectivity index (χ1) is 12.6. The fraction of sp³-hybridized carbons (Fsp3) is 0.316. The minimum Gasteiger partial charge on any atom is -0.376 e. The number of pyridine rings is 1. The van der Waals surface area contributed by atoms with Crippen LogP contribution in [0.15, 0.2) is 53.5 Å². The molecular weight excluding hydrogens is 339 g/mol. The molecule has 2 aromatic rings. The number of hydrogen-bond donors (Lipinski definition) is 1. The first-order valence-electron chi connectivity index (χ1n) is 8.42. The van der Waals surface area contributed by atoms with E-state index in [0.717, 1.165) is 29.5 Å². The van der Waals surface area contributed by atoms with Gasteiger partial charge in [-0.2, -0.15) is 0 Å². The Morgan fingerprint density at radius 2 is 2.00 bits per heavy atom. The zero-order valence-electron chi connectivity index (χ0n) is 14.1. The molecule has 0 bridgehead atoms. The molecule has 1 N–H and O–H groups in total. The van der Waals surface area contributed by atoms with Gasteiger partial charge in [-0.05, 0) is 43.2 Å². The van der Waals surface area contributed by atoms with Gasteiger partial charge in [0.2, 0.25) is 0 Å². The average molecular weight is 358 g/mol. The van der Waals surface area contributed by atoms with E-state index >= 15 is 0 Å². The molecule has 26 heavy (non-hydrogen) atoms. The number of nitrogens with one attached hydrogen (secondary N) is 1. The minimum absolute atomic E-state index is 0.0898. The molecule has 0 radical (unpaired) electrons. The highest BCUT2D eigenvalue weighted by molar-refractivity contribution is 6.11. The number of carbonyl (C=O) groups is 2. The third-order valence-electron chi connectivity index (χ3n) is 4.28. The molecule has 2 atom stereocenters. The second kappa shape index (κ2) is 8.05. The molecule has 0 saturated carbocycles. The molecule has 2 heterocycles. The Morgan fingerprint density at radius 3 is 2.65 bits per heavy atom. The topological polar surface area (TPSA) is 77.4 Å². The average Bonchev–Trinajstić information content (AvgIpc) is 3.16. The quantitative estimate of drug-likeness (QED) is 0.630. The fourth-order valence-electron chi connectivity index (χ4n) is 2.91. The molecule has 1 saturated heterocycles. The maximum atomic E-state index is 13.1. The monoisotopic (exact) mass is 358 g/mol. The largest absolute Gasteiger partial charge is 0.376 e. The molecule has 0 unspecified atom stereocenters. The number of hydrogen-bond acceptors (Lipinski definition) is 4. The normalized spacial score (nSPS) is 17.7. The predicted molar refractivity (Wildman–Crippen MR) is 92.5 cm³/mol. The van der Waals surface area contributed by atoms with Crippen LogP contribution in [0.25, 0.3) is 0 Å². The summed E-state index contributed by atoms with van der Waals surface area (Å²) in [6.07, 6.45) is 3.06. The number of Topliss-reactive ketones (excluding diaryl/α,β-unsaturated/α-hetero) is 1. The van der Waals surface area contributed by atoms with E-state index in [1.54, 1.807) is 6.07 Å². The van der Waals surface area contributed by atoms with Gasteiger partial charge in [-0.15, -0.1) is 0 Å². The number of amides is 1. The molecule has 7 heteroatoms. The van der Waals surface area contributed by atoms with Crippen molar-refractivity contribution in [3.05, 3.63) is 70.4 Å². The van der Waals surface area contributed by atoms with Gasteiger partial charge in [-0.25, -0.2) is 4.39 Å². The summed E-state index contributed by atoms with van der Waals surface area (Å²) in [6.45, 7) is 0.921. The van der Waals surface area contributed by atoms with Crippen molar-refractivity contribution in [2.24, 2.45) is 0 Å². The Bertz CT molecular complexity index is 841. The van der Waals surface area contributed by atoms with Crippen molar-refractivity contribution >= 4 is 11.7 Å². The molecule has 0 spiro atoms. The number of aromatic nitrogens is 1. The van der Waals surface area contributed by atoms with Crippen molar-refractivity contribution in [2.45, 2.75) is 25.0 Å². The highest BCUT2D eigenvalue weighted by Gasteiger charge is 2.30. The van der Waals surface area contributed by atoms with Crippen molar-refractivity contribution < 1.29 is 18.7 Å². The zero-order valence-corrected chi connectivity index (χ0v) is 14.1. The number of nitrogens with zero attached hydrogens (tertiary/aromatic N) is 1. The van der Waals surface area contributed by atoms with Crippen LogP contribution in [0.1, 0.15) is 29.2 Å². The smallest absolute Gasteiger partial charge is 0.251 e. The standard InChI is InChI=1S/C19H19FN2O4/c20-14-8-6-13(7-9-14)18(24)17(22-10-2-1-5-16(22)23)19(25)21-12-15-4-3-11-26-15/h1-2,5-10,15,17H,3-4,11-12H2,(H,21,25)/t15-,17+/m1/s1. The lowest BCUT2D eigenvalue weighted by Gasteiger charge is -2.19. The second-order valence-corrected chi connectivity index (χ2v) is 6.10. The van der Waals surface area contributed by atoms with Crippen LogP contribution >= 0.6 is 0 Å². The Hall–Kier alpha value is -2.80. The van der Waals surface area contributed by atoms with Gasteiger partial charge in [0.1, 0.15) is 5.82 Å². The van der Waals surface area contributed by atoms with Gasteiger partial charge in [0, 0.05) is 31.0 Å². The Morgan fingerprint density at radius 1 is 1.23 bits per heavy atom. The van der Waals surface area contributed by atoms with E-state index in [-0.39, 0.29) is 18.2 Å². The summed E-state index contributed by atoms with van der Waals surface area (Å²) in [5, 5.41) is 2.69. The van der Waals surface area contributed by atoms with E-state index in [0.29, 0.717) is 6.61 Å². The number of rotatable bonds is 6. The number of carbonyl (C=O) groups excluding carboxylic acids is 2. The number of benzene rings is 1. The van der Waals surface area contributed by atoms with Crippen LogP contribution in [0, 0.1) is 5.82 Å². The maximum absolute atomic E-state index is 13.1. The van der Waals surface area contributed by atoms with E-state index in [1.165, 1.54) is 30.5 Å². The van der Waals surface area contributed by atoms with Gasteiger partial charge in [0.05, 0.1) is 6.10 Å². The van der Waals surface area contributed by atoms with Crippen molar-refractivity contribution in [1.29, 1.82) is 0 Å². The SMILES string of the molecule is O=C(NC[C@H]1CCCO1)[C@H](C(=O)c1ccc(F)cc1)n1ccccc1=O. The van der Waals surface area contributed by atoms with Crippen molar-refractivity contribution in [3.8, 4) is 0 Å². The molecule has 0 aliphatic carbocycles. The van der Waals surface area contributed by atoms with Gasteiger partial charge in [-0.3, -0.25) is 19.0 Å². The van der Waals surface area contributed by atoms with Crippen LogP contribution in [0.5, 0.6) is 0 Å². The minimum atomic E-state index is -1.37. The molecule has 1 aliphatic heterocycles. The Labute approximate surface area is 149 Å². The maximum Gasteiger partial charge on any atom is 0.251 e. The fourth-order valence-corrected chi connectivity index (χ4v) is 2.91. The van der Waals surface area contributed by atoms with E-state index in [4.69, 9.17) is 4.74 Å². The van der Waals surface area contributed by atoms with E-state index in [2.05, 4.69) is 5.32 Å². The lowest BCUT2D eigenvalue weighted by molar-refractivity contribution is -0.123. The van der Waals surface area contributed by atoms with Crippen LogP contribution in [0.3, 0.4) is 0 Å². The molecule has 1 aromatic carbocycles. The first-order valence-corrected chi connectivity index (χ1v) is 8.42. The third kappa shape index (κ3) is 4.05. The van der Waals surface area contributed by atoms with Crippen LogP contribution in [0.2, 0.25) is 0 Å². The van der Waals surface area contributed by atoms with E-state index in [1.807, 2.05) is 0 Å². The highest BCUT2D eigenvalue weighted by atomic mass is 19.1. The summed E-state index contributed by atoms with van der Waals surface area (Å²) in [7, 11) is 0. The van der Waals surface area contributed by atoms with Gasteiger partial charge < -0.3 is 10.1 Å². The van der Waals surface area contributed by atoms with Gasteiger partial charge in [0.25, 0.3) is 11.5 Å². The summed E-state index contributed by atoms with van der Waals surface area (Å²) < 4.78 is 19.7. The van der Waals surface area contributed by atoms with Crippen molar-refractivity contribution in [3.63, 3.8) is 0 Å². The predicted octanol–water partition coefficient (Wildman–Crippen LogP) is 1.71. The molecule has 6 nitrogen and oxygen atoms in total. The molecule has 1 amide bonds. The van der Waals surface area contributed by atoms with E-state index in [9.17, 15) is 18.8 Å². The number of ether oxygens (including phenoxy) is 1. The second-order valence-electron chi connectivity index (χ2n) is 6.10. The Balaban J connectivity index is 1.87. The first kappa shape index (κ1) is 18.0. The molecular formula is C19H19FN2O4. The van der Waals surface area contributed by atoms with E-state index < -0.39 is 29.1 Å². The summed E-state index contributed by atoms with van der Waals surface area (Å²) in [5.74, 6) is -1.66. The van der Waals surface area contributed by atoms with Crippen LogP contribution in [-0.4, -0.2) is 35.5 Å². The lowest BCUT2D eigenvalue weighted by Crippen LogP contribution is -2.43. The number of halogens is 1. The van der Waals surface area contributed by atoms with Gasteiger partial charge in [-0.1, -0.05) is 6.07 Å². The molecule has 1 fully saturated rings. The van der Waals surface area contributed by atoms with Crippen LogP contribution in [0.4, 0.5) is 4.39 Å². The molecule has 1 aromatic heterocycles. The summed E-state index contributed by atoms with van der Waals surface area (Å²) in [6, 6.07) is 7.89. The Kier molecular flexibility index (Phi) is 5.58. The van der Waals surface area contributed by atoms with Crippen molar-refractivity contribution in [2.75, 3.05) is 13.2 Å². The zero-order chi connectivity index (χ0) is 18.5. The van der Waals surface area contributed by atoms with Crippen LogP contribution < -0.4 is 10.9 Å². The third-order valence-corrected chi connectivity index (χ3v) is 4.28. The highest BCUT2D eigenvalue weighted by Crippen LogP contribution is 2.16. The summed E-state index contributed by atoms with van der Waals surface area (Å²) in [4.78, 5) is 37.7. The summed E-state index contributed by atoms with van der Waals surface area (Å²) in [5.41, 5.74) is -0.320. The summed E-state index contributed by atoms with van der Waals surface area (Å²) >= 11 is 0. The molecule has 136 valence electrons. The lowest BCUT2D eigenvalue weighted by atomic mass is 10.0. The van der Waals surface area contributed by atoms with Crippen molar-refractivity contribution in [1.82, 2.24) is 9.88 Å². The van der Waals surface area contributed by atoms with Gasteiger partial charge in [0.15, 0.2) is 11.8 Å². The van der Waals surface area contributed by atoms with Crippen LogP contribution in [-0.2, 0) is 9.53 Å².